The van der Waals surface area contributed by atoms with E-state index in [-0.39, 0.29) is 5.95 Å². The van der Waals surface area contributed by atoms with E-state index in [0.29, 0.717) is 15.9 Å². The van der Waals surface area contributed by atoms with Gasteiger partial charge in [-0.05, 0) is 36.9 Å². The van der Waals surface area contributed by atoms with Crippen LogP contribution in [0.25, 0.3) is 5.95 Å². The summed E-state index contributed by atoms with van der Waals surface area (Å²) in [6.07, 6.45) is -0.156. The van der Waals surface area contributed by atoms with Crippen LogP contribution in [0.3, 0.4) is 0 Å². The van der Waals surface area contributed by atoms with Crippen LogP contribution in [0.4, 0.5) is 13.2 Å². The molecule has 0 saturated heterocycles. The SMILES string of the molecule is Cc1cc(Sc2ncccn2)nc(-n2ccc(C(F)(F)F)n2)n1. The van der Waals surface area contributed by atoms with Gasteiger partial charge in [0.05, 0.1) is 0 Å². The molecule has 6 nitrogen and oxygen atoms in total. The molecule has 118 valence electrons. The zero-order valence-corrected chi connectivity index (χ0v) is 12.5. The van der Waals surface area contributed by atoms with Gasteiger partial charge in [-0.3, -0.25) is 0 Å². The predicted octanol–water partition coefficient (Wildman–Crippen LogP) is 2.93. The first kappa shape index (κ1) is 15.4. The highest BCUT2D eigenvalue weighted by Gasteiger charge is 2.33. The Morgan fingerprint density at radius 3 is 2.52 bits per heavy atom. The van der Waals surface area contributed by atoms with Crippen LogP contribution in [-0.4, -0.2) is 29.7 Å². The van der Waals surface area contributed by atoms with Crippen molar-refractivity contribution in [3.63, 3.8) is 0 Å². The zero-order chi connectivity index (χ0) is 16.4. The fraction of sp³-hybridized carbons (Fsp3) is 0.154. The van der Waals surface area contributed by atoms with Gasteiger partial charge in [-0.25, -0.2) is 24.6 Å². The number of aromatic nitrogens is 6. The molecule has 0 bridgehead atoms. The second-order valence-corrected chi connectivity index (χ2v) is 5.41. The van der Waals surface area contributed by atoms with Crippen LogP contribution in [0.15, 0.2) is 47.0 Å². The van der Waals surface area contributed by atoms with E-state index in [1.54, 1.807) is 31.5 Å². The monoisotopic (exact) mass is 338 g/mol. The lowest BCUT2D eigenvalue weighted by Gasteiger charge is -2.05. The van der Waals surface area contributed by atoms with E-state index in [1.165, 1.54) is 18.0 Å². The largest absolute Gasteiger partial charge is 0.435 e. The van der Waals surface area contributed by atoms with E-state index in [2.05, 4.69) is 25.0 Å². The molecule has 10 heteroatoms. The molecule has 0 amide bonds. The Hall–Kier alpha value is -2.49. The third-order valence-electron chi connectivity index (χ3n) is 2.64. The summed E-state index contributed by atoms with van der Waals surface area (Å²) in [7, 11) is 0. The standard InChI is InChI=1S/C13H9F3N6S/c1-8-7-10(23-12-17-4-2-5-18-12)20-11(19-8)22-6-3-9(21-22)13(14,15)16/h2-7H,1H3. The predicted molar refractivity (Wildman–Crippen MR) is 75.0 cm³/mol. The van der Waals surface area contributed by atoms with Crippen LogP contribution in [-0.2, 0) is 6.18 Å². The summed E-state index contributed by atoms with van der Waals surface area (Å²) in [5, 5.41) is 4.46. The molecule has 0 N–H and O–H groups in total. The Kier molecular flexibility index (Phi) is 3.99. The molecule has 3 aromatic rings. The van der Waals surface area contributed by atoms with Crippen molar-refractivity contribution in [2.24, 2.45) is 0 Å². The first-order valence-corrected chi connectivity index (χ1v) is 7.17. The zero-order valence-electron chi connectivity index (χ0n) is 11.7. The van der Waals surface area contributed by atoms with Crippen LogP contribution in [0, 0.1) is 6.92 Å². The second kappa shape index (κ2) is 5.95. The summed E-state index contributed by atoms with van der Waals surface area (Å²) in [6, 6.07) is 4.25. The lowest BCUT2D eigenvalue weighted by molar-refractivity contribution is -0.141. The average Bonchev–Trinajstić information content (AvgIpc) is 2.97. The Morgan fingerprint density at radius 2 is 1.87 bits per heavy atom. The van der Waals surface area contributed by atoms with E-state index in [4.69, 9.17) is 0 Å². The number of halogens is 3. The number of alkyl halides is 3. The summed E-state index contributed by atoms with van der Waals surface area (Å²) >= 11 is 1.19. The van der Waals surface area contributed by atoms with E-state index >= 15 is 0 Å². The van der Waals surface area contributed by atoms with Crippen LogP contribution in [0.2, 0.25) is 0 Å². The molecule has 0 aromatic carbocycles. The first-order valence-electron chi connectivity index (χ1n) is 6.35. The summed E-state index contributed by atoms with van der Waals surface area (Å²) in [4.78, 5) is 16.4. The Labute approximate surface area is 132 Å². The molecular weight excluding hydrogens is 329 g/mol. The topological polar surface area (TPSA) is 69.4 Å². The number of hydrogen-bond acceptors (Lipinski definition) is 6. The minimum Gasteiger partial charge on any atom is -0.231 e. The lowest BCUT2D eigenvalue weighted by atomic mass is 10.4. The highest BCUT2D eigenvalue weighted by Crippen LogP contribution is 2.28. The molecule has 3 aromatic heterocycles. The fourth-order valence-electron chi connectivity index (χ4n) is 1.70. The van der Waals surface area contributed by atoms with Gasteiger partial charge < -0.3 is 0 Å². The number of hydrogen-bond donors (Lipinski definition) is 0. The molecule has 0 saturated carbocycles. The molecule has 0 unspecified atom stereocenters. The third kappa shape index (κ3) is 3.65. The maximum Gasteiger partial charge on any atom is 0.435 e. The number of nitrogens with zero attached hydrogens (tertiary/aromatic N) is 6. The second-order valence-electron chi connectivity index (χ2n) is 4.42. The highest BCUT2D eigenvalue weighted by molar-refractivity contribution is 7.99. The maximum absolute atomic E-state index is 12.6. The molecule has 0 aliphatic rings. The quantitative estimate of drug-likeness (QED) is 0.540. The minimum atomic E-state index is -4.51. The molecule has 0 aliphatic carbocycles. The van der Waals surface area contributed by atoms with Gasteiger partial charge in [0.2, 0.25) is 0 Å². The minimum absolute atomic E-state index is 0.0546. The first-order chi connectivity index (χ1) is 10.9. The van der Waals surface area contributed by atoms with Gasteiger partial charge in [-0.2, -0.15) is 18.3 Å². The van der Waals surface area contributed by atoms with E-state index < -0.39 is 11.9 Å². The molecule has 0 atom stereocenters. The Morgan fingerprint density at radius 1 is 1.13 bits per heavy atom. The van der Waals surface area contributed by atoms with Gasteiger partial charge in [0.1, 0.15) is 5.03 Å². The number of rotatable bonds is 3. The van der Waals surface area contributed by atoms with E-state index in [9.17, 15) is 13.2 Å². The van der Waals surface area contributed by atoms with Crippen molar-refractivity contribution in [1.29, 1.82) is 0 Å². The van der Waals surface area contributed by atoms with Crippen molar-refractivity contribution >= 4 is 11.8 Å². The average molecular weight is 338 g/mol. The van der Waals surface area contributed by atoms with Gasteiger partial charge >= 0.3 is 6.18 Å². The van der Waals surface area contributed by atoms with Gasteiger partial charge in [0, 0.05) is 24.3 Å². The smallest absolute Gasteiger partial charge is 0.231 e. The molecule has 23 heavy (non-hydrogen) atoms. The van der Waals surface area contributed by atoms with Gasteiger partial charge in [0.15, 0.2) is 10.9 Å². The van der Waals surface area contributed by atoms with Crippen molar-refractivity contribution < 1.29 is 13.2 Å². The molecular formula is C13H9F3N6S. The molecule has 0 spiro atoms. The van der Waals surface area contributed by atoms with Crippen LogP contribution in [0.5, 0.6) is 0 Å². The normalized spacial score (nSPS) is 11.7. The Balaban J connectivity index is 1.93. The molecule has 3 rings (SSSR count). The summed E-state index contributed by atoms with van der Waals surface area (Å²) in [5.41, 5.74) is -0.402. The lowest BCUT2D eigenvalue weighted by Crippen LogP contribution is -2.09. The van der Waals surface area contributed by atoms with Crippen LogP contribution >= 0.6 is 11.8 Å². The molecule has 0 fully saturated rings. The molecule has 0 aliphatic heterocycles. The van der Waals surface area contributed by atoms with Gasteiger partial charge in [-0.1, -0.05) is 0 Å². The molecule has 3 heterocycles. The third-order valence-corrected chi connectivity index (χ3v) is 3.45. The van der Waals surface area contributed by atoms with Crippen LogP contribution in [0.1, 0.15) is 11.4 Å². The van der Waals surface area contributed by atoms with Gasteiger partial charge in [-0.15, -0.1) is 0 Å². The fourth-order valence-corrected chi connectivity index (χ4v) is 2.47. The van der Waals surface area contributed by atoms with Crippen molar-refractivity contribution in [2.75, 3.05) is 0 Å². The van der Waals surface area contributed by atoms with Gasteiger partial charge in [0.25, 0.3) is 5.95 Å². The van der Waals surface area contributed by atoms with E-state index in [1.807, 2.05) is 0 Å². The maximum atomic E-state index is 12.6. The van der Waals surface area contributed by atoms with Crippen molar-refractivity contribution in [3.05, 3.63) is 48.2 Å². The Bertz CT molecular complexity index is 818. The highest BCUT2D eigenvalue weighted by atomic mass is 32.2. The van der Waals surface area contributed by atoms with Crippen molar-refractivity contribution in [3.8, 4) is 5.95 Å². The summed E-state index contributed by atoms with van der Waals surface area (Å²) in [6.45, 7) is 1.72. The van der Waals surface area contributed by atoms with Crippen molar-refractivity contribution in [2.45, 2.75) is 23.3 Å². The number of aryl methyl sites for hydroxylation is 1. The summed E-state index contributed by atoms with van der Waals surface area (Å²) in [5.74, 6) is 0.0546. The van der Waals surface area contributed by atoms with E-state index in [0.717, 1.165) is 10.7 Å². The van der Waals surface area contributed by atoms with Crippen LogP contribution < -0.4 is 0 Å². The van der Waals surface area contributed by atoms with Crippen molar-refractivity contribution in [1.82, 2.24) is 29.7 Å². The molecule has 0 radical (unpaired) electrons. The summed E-state index contributed by atoms with van der Waals surface area (Å²) < 4.78 is 38.9.